The Labute approximate surface area is 182 Å². The smallest absolute Gasteiger partial charge is 0.411 e. The first kappa shape index (κ1) is 25.9. The van der Waals surface area contributed by atoms with Crippen molar-refractivity contribution < 1.29 is 14.3 Å². The highest BCUT2D eigenvalue weighted by atomic mass is 16.5. The predicted octanol–water partition coefficient (Wildman–Crippen LogP) is 6.23. The molecule has 0 spiro atoms. The summed E-state index contributed by atoms with van der Waals surface area (Å²) < 4.78 is 5.03. The van der Waals surface area contributed by atoms with Gasteiger partial charge in [-0.05, 0) is 18.6 Å². The van der Waals surface area contributed by atoms with Crippen molar-refractivity contribution in [3.8, 4) is 0 Å². The minimum atomic E-state index is -0.547. The van der Waals surface area contributed by atoms with Gasteiger partial charge in [-0.3, -0.25) is 15.1 Å². The third kappa shape index (κ3) is 15.8. The largest absolute Gasteiger partial charge is 0.447 e. The van der Waals surface area contributed by atoms with Crippen LogP contribution in [-0.2, 0) is 9.53 Å². The number of rotatable bonds is 18. The SMILES string of the molecule is CCCCCCCCCCCCCCCC(=O)NCCOC(=O)Nc1cccnc1. The maximum atomic E-state index is 11.8. The monoisotopic (exact) mass is 419 g/mol. The van der Waals surface area contributed by atoms with Gasteiger partial charge in [-0.1, -0.05) is 84.0 Å². The fourth-order valence-electron chi connectivity index (χ4n) is 3.32. The molecule has 30 heavy (non-hydrogen) atoms. The molecule has 0 unspecified atom stereocenters. The number of carbonyl (C=O) groups excluding carboxylic acids is 2. The van der Waals surface area contributed by atoms with Crippen molar-refractivity contribution in [1.82, 2.24) is 10.3 Å². The molecular formula is C24H41N3O3. The molecule has 0 saturated heterocycles. The van der Waals surface area contributed by atoms with Crippen molar-refractivity contribution >= 4 is 17.7 Å². The van der Waals surface area contributed by atoms with Gasteiger partial charge in [0.2, 0.25) is 5.91 Å². The zero-order valence-electron chi connectivity index (χ0n) is 18.8. The van der Waals surface area contributed by atoms with Crippen LogP contribution < -0.4 is 10.6 Å². The van der Waals surface area contributed by atoms with Crippen LogP contribution in [0.4, 0.5) is 10.5 Å². The zero-order chi connectivity index (χ0) is 21.7. The zero-order valence-corrected chi connectivity index (χ0v) is 18.8. The number of amides is 2. The van der Waals surface area contributed by atoms with Crippen LogP contribution in [-0.4, -0.2) is 30.1 Å². The average Bonchev–Trinajstić information content (AvgIpc) is 2.75. The summed E-state index contributed by atoms with van der Waals surface area (Å²) in [7, 11) is 0. The van der Waals surface area contributed by atoms with E-state index in [1.165, 1.54) is 70.6 Å². The molecule has 1 aromatic heterocycles. The van der Waals surface area contributed by atoms with Crippen LogP contribution in [0.25, 0.3) is 0 Å². The quantitative estimate of drug-likeness (QED) is 0.276. The lowest BCUT2D eigenvalue weighted by Gasteiger charge is -2.08. The van der Waals surface area contributed by atoms with Crippen LogP contribution in [0.3, 0.4) is 0 Å². The first-order valence-electron chi connectivity index (χ1n) is 11.8. The van der Waals surface area contributed by atoms with Crippen molar-refractivity contribution in [2.24, 2.45) is 0 Å². The molecule has 1 rings (SSSR count). The second-order valence-corrected chi connectivity index (χ2v) is 7.85. The van der Waals surface area contributed by atoms with Crippen LogP contribution in [0, 0.1) is 0 Å². The van der Waals surface area contributed by atoms with E-state index in [9.17, 15) is 9.59 Å². The highest BCUT2D eigenvalue weighted by Gasteiger charge is 2.04. The summed E-state index contributed by atoms with van der Waals surface area (Å²) in [5.41, 5.74) is 0.578. The van der Waals surface area contributed by atoms with Crippen LogP contribution in [0.2, 0.25) is 0 Å². The van der Waals surface area contributed by atoms with Crippen molar-refractivity contribution in [3.05, 3.63) is 24.5 Å². The summed E-state index contributed by atoms with van der Waals surface area (Å²) in [6.07, 6.45) is 20.0. The molecule has 6 heteroatoms. The van der Waals surface area contributed by atoms with Crippen LogP contribution in [0.15, 0.2) is 24.5 Å². The molecule has 170 valence electrons. The second-order valence-electron chi connectivity index (χ2n) is 7.85. The summed E-state index contributed by atoms with van der Waals surface area (Å²) in [6, 6.07) is 3.46. The molecule has 0 aliphatic rings. The van der Waals surface area contributed by atoms with E-state index in [0.29, 0.717) is 18.7 Å². The number of anilines is 1. The standard InChI is InChI=1S/C24H41N3O3/c1-2-3-4-5-6-7-8-9-10-11-12-13-14-17-23(28)26-19-20-30-24(29)27-22-16-15-18-25-21-22/h15-16,18,21H,2-14,17,19-20H2,1H3,(H,26,28)(H,27,29). The van der Waals surface area contributed by atoms with Gasteiger partial charge in [0.05, 0.1) is 18.4 Å². The van der Waals surface area contributed by atoms with E-state index in [0.717, 1.165) is 12.8 Å². The van der Waals surface area contributed by atoms with Crippen molar-refractivity contribution in [1.29, 1.82) is 0 Å². The Morgan fingerprint density at radius 3 is 2.07 bits per heavy atom. The van der Waals surface area contributed by atoms with Crippen molar-refractivity contribution in [2.45, 2.75) is 96.8 Å². The topological polar surface area (TPSA) is 80.3 Å². The van der Waals surface area contributed by atoms with E-state index >= 15 is 0 Å². The maximum Gasteiger partial charge on any atom is 0.411 e. The number of unbranched alkanes of at least 4 members (excludes halogenated alkanes) is 12. The minimum Gasteiger partial charge on any atom is -0.447 e. The first-order chi connectivity index (χ1) is 14.7. The number of carbonyl (C=O) groups is 2. The third-order valence-corrected chi connectivity index (χ3v) is 5.07. The molecule has 0 aliphatic carbocycles. The number of hydrogen-bond acceptors (Lipinski definition) is 4. The Morgan fingerprint density at radius 1 is 0.900 bits per heavy atom. The Balaban J connectivity index is 1.82. The molecule has 0 atom stereocenters. The molecule has 0 bridgehead atoms. The predicted molar refractivity (Wildman–Crippen MR) is 123 cm³/mol. The molecule has 0 radical (unpaired) electrons. The van der Waals surface area contributed by atoms with Gasteiger partial charge in [0.15, 0.2) is 0 Å². The average molecular weight is 420 g/mol. The lowest BCUT2D eigenvalue weighted by molar-refractivity contribution is -0.121. The number of nitrogens with zero attached hydrogens (tertiary/aromatic N) is 1. The Hall–Kier alpha value is -2.11. The van der Waals surface area contributed by atoms with E-state index < -0.39 is 6.09 Å². The molecule has 6 nitrogen and oxygen atoms in total. The lowest BCUT2D eigenvalue weighted by Crippen LogP contribution is -2.28. The van der Waals surface area contributed by atoms with E-state index in [1.807, 2.05) is 0 Å². The van der Waals surface area contributed by atoms with Gasteiger partial charge in [0.1, 0.15) is 6.61 Å². The van der Waals surface area contributed by atoms with Gasteiger partial charge in [-0.15, -0.1) is 0 Å². The molecular weight excluding hydrogens is 378 g/mol. The highest BCUT2D eigenvalue weighted by molar-refractivity contribution is 5.84. The molecule has 0 saturated carbocycles. The summed E-state index contributed by atoms with van der Waals surface area (Å²) in [4.78, 5) is 27.3. The number of pyridine rings is 1. The number of aromatic nitrogens is 1. The maximum absolute atomic E-state index is 11.8. The summed E-state index contributed by atoms with van der Waals surface area (Å²) in [5.74, 6) is 0.0225. The molecule has 0 aliphatic heterocycles. The molecule has 1 heterocycles. The molecule has 0 fully saturated rings. The summed E-state index contributed by atoms with van der Waals surface area (Å²) in [5, 5.41) is 5.36. The minimum absolute atomic E-state index is 0.0225. The van der Waals surface area contributed by atoms with Gasteiger partial charge in [0.25, 0.3) is 0 Å². The molecule has 2 amide bonds. The van der Waals surface area contributed by atoms with Crippen LogP contribution in [0.5, 0.6) is 0 Å². The number of ether oxygens (including phenoxy) is 1. The van der Waals surface area contributed by atoms with Crippen LogP contribution >= 0.6 is 0 Å². The molecule has 0 aromatic carbocycles. The van der Waals surface area contributed by atoms with Crippen molar-refractivity contribution in [3.63, 3.8) is 0 Å². The lowest BCUT2D eigenvalue weighted by atomic mass is 10.0. The Bertz CT molecular complexity index is 552. The van der Waals surface area contributed by atoms with E-state index in [2.05, 4.69) is 22.5 Å². The third-order valence-electron chi connectivity index (χ3n) is 5.07. The highest BCUT2D eigenvalue weighted by Crippen LogP contribution is 2.12. The van der Waals surface area contributed by atoms with Gasteiger partial charge in [0, 0.05) is 12.6 Å². The van der Waals surface area contributed by atoms with E-state index in [4.69, 9.17) is 4.74 Å². The van der Waals surface area contributed by atoms with Gasteiger partial charge >= 0.3 is 6.09 Å². The van der Waals surface area contributed by atoms with Crippen LogP contribution in [0.1, 0.15) is 96.8 Å². The second kappa shape index (κ2) is 18.9. The van der Waals surface area contributed by atoms with Gasteiger partial charge in [-0.2, -0.15) is 0 Å². The fraction of sp³-hybridized carbons (Fsp3) is 0.708. The molecule has 2 N–H and O–H groups in total. The fourth-order valence-corrected chi connectivity index (χ4v) is 3.32. The Kier molecular flexibility index (Phi) is 16.3. The number of hydrogen-bond donors (Lipinski definition) is 2. The van der Waals surface area contributed by atoms with Crippen molar-refractivity contribution in [2.75, 3.05) is 18.5 Å². The first-order valence-corrected chi connectivity index (χ1v) is 11.8. The van der Waals surface area contributed by atoms with Gasteiger partial charge in [-0.25, -0.2) is 4.79 Å². The van der Waals surface area contributed by atoms with Gasteiger partial charge < -0.3 is 10.1 Å². The Morgan fingerprint density at radius 2 is 1.50 bits per heavy atom. The normalized spacial score (nSPS) is 10.6. The summed E-state index contributed by atoms with van der Waals surface area (Å²) in [6.45, 7) is 2.74. The summed E-state index contributed by atoms with van der Waals surface area (Å²) >= 11 is 0. The molecule has 1 aromatic rings. The number of nitrogens with one attached hydrogen (secondary N) is 2. The van der Waals surface area contributed by atoms with E-state index in [1.54, 1.807) is 24.5 Å². The van der Waals surface area contributed by atoms with E-state index in [-0.39, 0.29) is 12.5 Å².